The van der Waals surface area contributed by atoms with Gasteiger partial charge in [-0.3, -0.25) is 9.80 Å². The molecule has 0 aliphatic carbocycles. The van der Waals surface area contributed by atoms with Crippen LogP contribution in [0.5, 0.6) is 0 Å². The molecule has 3 N–H and O–H groups in total. The van der Waals surface area contributed by atoms with Crippen LogP contribution in [0, 0.1) is 0 Å². The molecule has 7 heteroatoms. The average Bonchev–Trinajstić information content (AvgIpc) is 2.70. The molecule has 4 rings (SSSR count). The highest BCUT2D eigenvalue weighted by atomic mass is 16.4. The summed E-state index contributed by atoms with van der Waals surface area (Å²) in [5.74, 6) is 0.398. The lowest BCUT2D eigenvalue weighted by molar-refractivity contribution is 0.0697. The number of benzene rings is 2. The molecule has 0 unspecified atom stereocenters. The standard InChI is InChI=1S/C21H23N5O2/c22-20-17-3-1-2-4-18(17)23-19(24-20)14-26-11-9-25(10-12-26)13-15-5-7-16(8-6-15)21(27)28/h1-8H,9-14H2,(H,27,28)(H2,22,23,24). The van der Waals surface area contributed by atoms with Crippen molar-refractivity contribution < 1.29 is 9.90 Å². The summed E-state index contributed by atoms with van der Waals surface area (Å²) >= 11 is 0. The lowest BCUT2D eigenvalue weighted by Crippen LogP contribution is -2.45. The number of para-hydroxylation sites is 1. The van der Waals surface area contributed by atoms with Crippen LogP contribution in [0.1, 0.15) is 21.7 Å². The van der Waals surface area contributed by atoms with Crippen molar-refractivity contribution in [3.05, 3.63) is 65.5 Å². The number of carbonyl (C=O) groups is 1. The molecule has 7 nitrogen and oxygen atoms in total. The first-order valence-corrected chi connectivity index (χ1v) is 9.36. The minimum absolute atomic E-state index is 0.322. The van der Waals surface area contributed by atoms with Crippen molar-refractivity contribution >= 4 is 22.7 Å². The molecule has 1 aliphatic rings. The number of anilines is 1. The number of hydrogen-bond donors (Lipinski definition) is 2. The van der Waals surface area contributed by atoms with Crippen molar-refractivity contribution in [2.75, 3.05) is 31.9 Å². The summed E-state index contributed by atoms with van der Waals surface area (Å²) in [6.07, 6.45) is 0. The maximum absolute atomic E-state index is 10.9. The summed E-state index contributed by atoms with van der Waals surface area (Å²) in [5.41, 5.74) is 8.42. The predicted molar refractivity (Wildman–Crippen MR) is 108 cm³/mol. The Bertz CT molecular complexity index is 982. The summed E-state index contributed by atoms with van der Waals surface area (Å²) in [5, 5.41) is 9.88. The summed E-state index contributed by atoms with van der Waals surface area (Å²) in [6.45, 7) is 5.28. The summed E-state index contributed by atoms with van der Waals surface area (Å²) in [4.78, 5) is 24.8. The van der Waals surface area contributed by atoms with E-state index in [2.05, 4.69) is 19.8 Å². The fourth-order valence-corrected chi connectivity index (χ4v) is 3.54. The van der Waals surface area contributed by atoms with Gasteiger partial charge in [0.15, 0.2) is 0 Å². The predicted octanol–water partition coefficient (Wildman–Crippen LogP) is 2.23. The van der Waals surface area contributed by atoms with Crippen LogP contribution in [0.4, 0.5) is 5.82 Å². The lowest BCUT2D eigenvalue weighted by Gasteiger charge is -2.34. The molecule has 1 fully saturated rings. The summed E-state index contributed by atoms with van der Waals surface area (Å²) < 4.78 is 0. The Labute approximate surface area is 163 Å². The first-order valence-electron chi connectivity index (χ1n) is 9.36. The molecule has 3 aromatic rings. The molecule has 0 radical (unpaired) electrons. The molecular formula is C21H23N5O2. The molecule has 1 saturated heterocycles. The van der Waals surface area contributed by atoms with E-state index < -0.39 is 5.97 Å². The monoisotopic (exact) mass is 377 g/mol. The number of nitrogen functional groups attached to an aromatic ring is 1. The third kappa shape index (κ3) is 4.11. The minimum atomic E-state index is -0.892. The minimum Gasteiger partial charge on any atom is -0.478 e. The highest BCUT2D eigenvalue weighted by Gasteiger charge is 2.18. The smallest absolute Gasteiger partial charge is 0.335 e. The molecule has 1 aromatic heterocycles. The third-order valence-corrected chi connectivity index (χ3v) is 5.12. The first-order chi connectivity index (χ1) is 13.6. The molecule has 0 spiro atoms. The van der Waals surface area contributed by atoms with Crippen molar-refractivity contribution in [1.29, 1.82) is 0 Å². The van der Waals surface area contributed by atoms with Gasteiger partial charge in [-0.1, -0.05) is 24.3 Å². The van der Waals surface area contributed by atoms with Gasteiger partial charge in [0, 0.05) is 38.1 Å². The number of carboxylic acid groups (broad SMARTS) is 1. The number of nitrogens with two attached hydrogens (primary N) is 1. The number of nitrogens with zero attached hydrogens (tertiary/aromatic N) is 4. The molecule has 28 heavy (non-hydrogen) atoms. The fraction of sp³-hybridized carbons (Fsp3) is 0.286. The largest absolute Gasteiger partial charge is 0.478 e. The Morgan fingerprint density at radius 2 is 1.57 bits per heavy atom. The number of aromatic nitrogens is 2. The molecule has 2 aromatic carbocycles. The highest BCUT2D eigenvalue weighted by molar-refractivity contribution is 5.88. The van der Waals surface area contributed by atoms with Gasteiger partial charge in [0.25, 0.3) is 0 Å². The van der Waals surface area contributed by atoms with E-state index in [1.54, 1.807) is 12.1 Å². The Hall–Kier alpha value is -3.03. The van der Waals surface area contributed by atoms with Gasteiger partial charge in [0.2, 0.25) is 0 Å². The summed E-state index contributed by atoms with van der Waals surface area (Å²) in [7, 11) is 0. The number of carboxylic acids is 1. The number of aromatic carboxylic acids is 1. The van der Waals surface area contributed by atoms with Crippen molar-refractivity contribution in [2.24, 2.45) is 0 Å². The van der Waals surface area contributed by atoms with Crippen LogP contribution < -0.4 is 5.73 Å². The van der Waals surface area contributed by atoms with Crippen LogP contribution in [0.2, 0.25) is 0 Å². The van der Waals surface area contributed by atoms with Crippen LogP contribution in [0.3, 0.4) is 0 Å². The molecule has 0 amide bonds. The quantitative estimate of drug-likeness (QED) is 0.704. The van der Waals surface area contributed by atoms with Gasteiger partial charge >= 0.3 is 5.97 Å². The van der Waals surface area contributed by atoms with Crippen molar-refractivity contribution in [3.63, 3.8) is 0 Å². The van der Waals surface area contributed by atoms with E-state index in [4.69, 9.17) is 10.8 Å². The molecule has 0 saturated carbocycles. The Kier molecular flexibility index (Phi) is 5.18. The van der Waals surface area contributed by atoms with Crippen molar-refractivity contribution in [2.45, 2.75) is 13.1 Å². The zero-order chi connectivity index (χ0) is 19.5. The van der Waals surface area contributed by atoms with Gasteiger partial charge in [0.1, 0.15) is 11.6 Å². The van der Waals surface area contributed by atoms with E-state index in [9.17, 15) is 4.79 Å². The maximum atomic E-state index is 10.9. The molecule has 2 heterocycles. The Morgan fingerprint density at radius 3 is 2.25 bits per heavy atom. The molecule has 144 valence electrons. The molecule has 1 aliphatic heterocycles. The second-order valence-electron chi connectivity index (χ2n) is 7.10. The zero-order valence-corrected chi connectivity index (χ0v) is 15.6. The Morgan fingerprint density at radius 1 is 0.929 bits per heavy atom. The highest BCUT2D eigenvalue weighted by Crippen LogP contribution is 2.18. The lowest BCUT2D eigenvalue weighted by atomic mass is 10.1. The third-order valence-electron chi connectivity index (χ3n) is 5.12. The van der Waals surface area contributed by atoms with Crippen LogP contribution in [0.15, 0.2) is 48.5 Å². The second-order valence-corrected chi connectivity index (χ2v) is 7.10. The fourth-order valence-electron chi connectivity index (χ4n) is 3.54. The van der Waals surface area contributed by atoms with Gasteiger partial charge in [-0.2, -0.15) is 0 Å². The molecular weight excluding hydrogens is 354 g/mol. The van der Waals surface area contributed by atoms with Crippen LogP contribution in [-0.2, 0) is 13.1 Å². The number of fused-ring (bicyclic) bond motifs is 1. The van der Waals surface area contributed by atoms with Gasteiger partial charge in [-0.25, -0.2) is 14.8 Å². The number of hydrogen-bond acceptors (Lipinski definition) is 6. The van der Waals surface area contributed by atoms with Crippen LogP contribution in [0.25, 0.3) is 10.9 Å². The maximum Gasteiger partial charge on any atom is 0.335 e. The van der Waals surface area contributed by atoms with Gasteiger partial charge < -0.3 is 10.8 Å². The normalized spacial score (nSPS) is 15.7. The van der Waals surface area contributed by atoms with Gasteiger partial charge in [0.05, 0.1) is 17.6 Å². The second kappa shape index (κ2) is 7.92. The van der Waals surface area contributed by atoms with E-state index in [0.717, 1.165) is 55.0 Å². The van der Waals surface area contributed by atoms with Crippen molar-refractivity contribution in [3.8, 4) is 0 Å². The van der Waals surface area contributed by atoms with Gasteiger partial charge in [-0.15, -0.1) is 0 Å². The van der Waals surface area contributed by atoms with E-state index in [0.29, 0.717) is 17.9 Å². The average molecular weight is 377 g/mol. The Balaban J connectivity index is 1.33. The van der Waals surface area contributed by atoms with E-state index in [-0.39, 0.29) is 0 Å². The van der Waals surface area contributed by atoms with E-state index >= 15 is 0 Å². The topological polar surface area (TPSA) is 95.6 Å². The molecule has 0 atom stereocenters. The SMILES string of the molecule is Nc1nc(CN2CCN(Cc3ccc(C(=O)O)cc3)CC2)nc2ccccc12. The van der Waals surface area contributed by atoms with Crippen LogP contribution >= 0.6 is 0 Å². The zero-order valence-electron chi connectivity index (χ0n) is 15.6. The van der Waals surface area contributed by atoms with Crippen molar-refractivity contribution in [1.82, 2.24) is 19.8 Å². The van der Waals surface area contributed by atoms with Gasteiger partial charge in [-0.05, 0) is 29.8 Å². The van der Waals surface area contributed by atoms with E-state index in [1.165, 1.54) is 0 Å². The first kappa shape index (κ1) is 18.3. The number of piperazine rings is 1. The number of rotatable bonds is 5. The van der Waals surface area contributed by atoms with E-state index in [1.807, 2.05) is 36.4 Å². The summed E-state index contributed by atoms with van der Waals surface area (Å²) in [6, 6.07) is 14.9. The van der Waals surface area contributed by atoms with Crippen LogP contribution in [-0.4, -0.2) is 57.0 Å². The molecule has 0 bridgehead atoms.